The SMILES string of the molecule is CCOC(=O)Nc1ccc2c(c1)CCCN2S(=O)(=O)c1cccs1. The summed E-state index contributed by atoms with van der Waals surface area (Å²) in [6.45, 7) is 2.49. The third-order valence-electron chi connectivity index (χ3n) is 3.72. The molecule has 0 bridgehead atoms. The molecule has 0 saturated carbocycles. The number of hydrogen-bond acceptors (Lipinski definition) is 5. The van der Waals surface area contributed by atoms with Crippen molar-refractivity contribution in [3.05, 3.63) is 41.3 Å². The highest BCUT2D eigenvalue weighted by Gasteiger charge is 2.29. The molecule has 1 aliphatic rings. The van der Waals surface area contributed by atoms with Gasteiger partial charge in [0.15, 0.2) is 0 Å². The van der Waals surface area contributed by atoms with Gasteiger partial charge in [0.05, 0.1) is 12.3 Å². The summed E-state index contributed by atoms with van der Waals surface area (Å²) in [6.07, 6.45) is 0.987. The Morgan fingerprint density at radius 2 is 2.21 bits per heavy atom. The van der Waals surface area contributed by atoms with E-state index in [0.29, 0.717) is 28.7 Å². The minimum atomic E-state index is -3.54. The average Bonchev–Trinajstić information content (AvgIpc) is 3.09. The number of anilines is 2. The summed E-state index contributed by atoms with van der Waals surface area (Å²) in [4.78, 5) is 11.5. The third kappa shape index (κ3) is 3.25. The van der Waals surface area contributed by atoms with Crippen LogP contribution in [-0.2, 0) is 21.2 Å². The maximum Gasteiger partial charge on any atom is 0.411 e. The topological polar surface area (TPSA) is 75.7 Å². The highest BCUT2D eigenvalue weighted by molar-refractivity contribution is 7.94. The number of nitrogens with one attached hydrogen (secondary N) is 1. The quantitative estimate of drug-likeness (QED) is 0.899. The molecule has 0 radical (unpaired) electrons. The van der Waals surface area contributed by atoms with E-state index in [9.17, 15) is 13.2 Å². The van der Waals surface area contributed by atoms with Crippen LogP contribution in [0.25, 0.3) is 0 Å². The summed E-state index contributed by atoms with van der Waals surface area (Å²) in [7, 11) is -3.54. The lowest BCUT2D eigenvalue weighted by atomic mass is 10.0. The summed E-state index contributed by atoms with van der Waals surface area (Å²) in [6, 6.07) is 8.58. The van der Waals surface area contributed by atoms with Crippen molar-refractivity contribution in [2.24, 2.45) is 0 Å². The first kappa shape index (κ1) is 16.8. The second-order valence-electron chi connectivity index (χ2n) is 5.30. The van der Waals surface area contributed by atoms with Crippen molar-refractivity contribution < 1.29 is 17.9 Å². The Kier molecular flexibility index (Phi) is 4.77. The average molecular weight is 366 g/mol. The summed E-state index contributed by atoms with van der Waals surface area (Å²) in [5.41, 5.74) is 2.17. The number of fused-ring (bicyclic) bond motifs is 1. The molecule has 0 spiro atoms. The van der Waals surface area contributed by atoms with E-state index in [1.807, 2.05) is 6.07 Å². The highest BCUT2D eigenvalue weighted by Crippen LogP contribution is 2.34. The number of thiophene rings is 1. The highest BCUT2D eigenvalue weighted by atomic mass is 32.2. The molecule has 0 aliphatic carbocycles. The fraction of sp³-hybridized carbons (Fsp3) is 0.312. The van der Waals surface area contributed by atoms with Crippen LogP contribution in [0.5, 0.6) is 0 Å². The lowest BCUT2D eigenvalue weighted by Gasteiger charge is -2.30. The van der Waals surface area contributed by atoms with E-state index in [2.05, 4.69) is 5.32 Å². The van der Waals surface area contributed by atoms with E-state index in [1.54, 1.807) is 36.6 Å². The number of sulfonamides is 1. The number of carbonyl (C=O) groups excluding carboxylic acids is 1. The monoisotopic (exact) mass is 366 g/mol. The van der Waals surface area contributed by atoms with Crippen LogP contribution in [0.15, 0.2) is 39.9 Å². The summed E-state index contributed by atoms with van der Waals surface area (Å²) in [5.74, 6) is 0. The van der Waals surface area contributed by atoms with Crippen molar-refractivity contribution in [3.8, 4) is 0 Å². The van der Waals surface area contributed by atoms with Gasteiger partial charge < -0.3 is 4.74 Å². The minimum absolute atomic E-state index is 0.295. The van der Waals surface area contributed by atoms with Gasteiger partial charge in [0.2, 0.25) is 0 Å². The van der Waals surface area contributed by atoms with Gasteiger partial charge in [0.25, 0.3) is 10.0 Å². The van der Waals surface area contributed by atoms with Crippen LogP contribution in [0.3, 0.4) is 0 Å². The second-order valence-corrected chi connectivity index (χ2v) is 8.34. The molecule has 0 saturated heterocycles. The van der Waals surface area contributed by atoms with Crippen LogP contribution in [-0.4, -0.2) is 27.7 Å². The lowest BCUT2D eigenvalue weighted by molar-refractivity contribution is 0.168. The Morgan fingerprint density at radius 3 is 2.92 bits per heavy atom. The normalized spacial score (nSPS) is 14.1. The van der Waals surface area contributed by atoms with Gasteiger partial charge >= 0.3 is 6.09 Å². The Morgan fingerprint density at radius 1 is 1.38 bits per heavy atom. The van der Waals surface area contributed by atoms with E-state index in [4.69, 9.17) is 4.74 Å². The largest absolute Gasteiger partial charge is 0.450 e. The molecule has 1 amide bonds. The molecular formula is C16H18N2O4S2. The van der Waals surface area contributed by atoms with Crippen LogP contribution in [0.1, 0.15) is 18.9 Å². The zero-order valence-electron chi connectivity index (χ0n) is 13.2. The number of amides is 1. The molecule has 0 atom stereocenters. The minimum Gasteiger partial charge on any atom is -0.450 e. The summed E-state index contributed by atoms with van der Waals surface area (Å²) in [5, 5.41) is 4.40. The Bertz CT molecular complexity index is 832. The van der Waals surface area contributed by atoms with Gasteiger partial charge in [-0.3, -0.25) is 9.62 Å². The molecule has 128 valence electrons. The molecule has 8 heteroatoms. The number of nitrogens with zero attached hydrogens (tertiary/aromatic N) is 1. The number of rotatable bonds is 4. The molecular weight excluding hydrogens is 348 g/mol. The zero-order chi connectivity index (χ0) is 17.2. The van der Waals surface area contributed by atoms with E-state index < -0.39 is 16.1 Å². The maximum atomic E-state index is 12.8. The number of aryl methyl sites for hydroxylation is 1. The van der Waals surface area contributed by atoms with Crippen LogP contribution >= 0.6 is 11.3 Å². The smallest absolute Gasteiger partial charge is 0.411 e. The van der Waals surface area contributed by atoms with E-state index >= 15 is 0 Å². The number of benzene rings is 1. The Balaban J connectivity index is 1.90. The van der Waals surface area contributed by atoms with Crippen LogP contribution in [0.2, 0.25) is 0 Å². The number of hydrogen-bond donors (Lipinski definition) is 1. The Hall–Kier alpha value is -2.06. The molecule has 24 heavy (non-hydrogen) atoms. The van der Waals surface area contributed by atoms with Crippen molar-refractivity contribution in [1.29, 1.82) is 0 Å². The van der Waals surface area contributed by atoms with Gasteiger partial charge in [-0.25, -0.2) is 13.2 Å². The van der Waals surface area contributed by atoms with Crippen molar-refractivity contribution in [2.45, 2.75) is 24.0 Å². The van der Waals surface area contributed by atoms with Gasteiger partial charge in [-0.15, -0.1) is 11.3 Å². The summed E-state index contributed by atoms with van der Waals surface area (Å²) >= 11 is 1.21. The van der Waals surface area contributed by atoms with Crippen LogP contribution in [0, 0.1) is 0 Å². The molecule has 6 nitrogen and oxygen atoms in total. The molecule has 0 unspecified atom stereocenters. The van der Waals surface area contributed by atoms with Crippen LogP contribution < -0.4 is 9.62 Å². The van der Waals surface area contributed by atoms with E-state index in [-0.39, 0.29) is 0 Å². The number of ether oxygens (including phenoxy) is 1. The van der Waals surface area contributed by atoms with Gasteiger partial charge in [-0.05, 0) is 55.0 Å². The molecule has 1 aromatic heterocycles. The zero-order valence-corrected chi connectivity index (χ0v) is 14.8. The van der Waals surface area contributed by atoms with Crippen LogP contribution in [0.4, 0.5) is 16.2 Å². The first-order chi connectivity index (χ1) is 11.5. The molecule has 3 rings (SSSR count). The van der Waals surface area contributed by atoms with Gasteiger partial charge in [0.1, 0.15) is 4.21 Å². The Labute approximate surface area is 145 Å². The third-order valence-corrected chi connectivity index (χ3v) is 6.90. The fourth-order valence-electron chi connectivity index (χ4n) is 2.69. The van der Waals surface area contributed by atoms with Gasteiger partial charge in [-0.1, -0.05) is 6.07 Å². The molecule has 1 aliphatic heterocycles. The lowest BCUT2D eigenvalue weighted by Crippen LogP contribution is -2.35. The maximum absolute atomic E-state index is 12.8. The van der Waals surface area contributed by atoms with Crippen molar-refractivity contribution in [1.82, 2.24) is 0 Å². The fourth-order valence-corrected chi connectivity index (χ4v) is 5.34. The molecule has 1 N–H and O–H groups in total. The van der Waals surface area contributed by atoms with Gasteiger partial charge in [0, 0.05) is 12.2 Å². The first-order valence-electron chi connectivity index (χ1n) is 7.65. The molecule has 2 aromatic rings. The predicted molar refractivity (Wildman–Crippen MR) is 94.3 cm³/mol. The molecule has 1 aromatic carbocycles. The van der Waals surface area contributed by atoms with E-state index in [0.717, 1.165) is 18.4 Å². The molecule has 2 heterocycles. The standard InChI is InChI=1S/C16H18N2O4S2/c1-2-22-16(19)17-13-7-8-14-12(11-13)5-3-9-18(14)24(20,21)15-6-4-10-23-15/h4,6-8,10-11H,2-3,5,9H2,1H3,(H,17,19). The second kappa shape index (κ2) is 6.82. The summed E-state index contributed by atoms with van der Waals surface area (Å²) < 4.78 is 32.3. The number of carbonyl (C=O) groups is 1. The van der Waals surface area contributed by atoms with Crippen molar-refractivity contribution >= 4 is 38.8 Å². The van der Waals surface area contributed by atoms with Crippen molar-refractivity contribution in [2.75, 3.05) is 22.8 Å². The predicted octanol–water partition coefficient (Wildman–Crippen LogP) is 3.46. The van der Waals surface area contributed by atoms with Crippen molar-refractivity contribution in [3.63, 3.8) is 0 Å². The first-order valence-corrected chi connectivity index (χ1v) is 9.97. The van der Waals surface area contributed by atoms with Gasteiger partial charge in [-0.2, -0.15) is 0 Å². The van der Waals surface area contributed by atoms with E-state index in [1.165, 1.54) is 15.6 Å². The molecule has 0 fully saturated rings.